The van der Waals surface area contributed by atoms with Gasteiger partial charge in [-0.2, -0.15) is 16.8 Å². The minimum Gasteiger partial charge on any atom is -0.395 e. The van der Waals surface area contributed by atoms with Gasteiger partial charge in [0.25, 0.3) is 20.2 Å². The SMILES string of the molecule is O=S(=O)(O)CCO.O=S(=O)(O)CCO.[Na]. The van der Waals surface area contributed by atoms with Gasteiger partial charge in [0.15, 0.2) is 0 Å². The summed E-state index contributed by atoms with van der Waals surface area (Å²) in [6.45, 7) is -1.06. The summed E-state index contributed by atoms with van der Waals surface area (Å²) in [5.74, 6) is -1.15. The van der Waals surface area contributed by atoms with Crippen LogP contribution < -0.4 is 0 Å². The summed E-state index contributed by atoms with van der Waals surface area (Å²) in [6.07, 6.45) is 0. The summed E-state index contributed by atoms with van der Waals surface area (Å²) in [4.78, 5) is 0. The van der Waals surface area contributed by atoms with Crippen LogP contribution in [0, 0.1) is 0 Å². The molecule has 0 amide bonds. The maximum Gasteiger partial charge on any atom is 0.267 e. The predicted octanol–water partition coefficient (Wildman–Crippen LogP) is -2.65. The third kappa shape index (κ3) is 31.3. The molecule has 4 N–H and O–H groups in total. The van der Waals surface area contributed by atoms with Gasteiger partial charge in [-0.1, -0.05) is 0 Å². The van der Waals surface area contributed by atoms with Crippen molar-refractivity contribution in [3.8, 4) is 0 Å². The molecule has 0 aromatic carbocycles. The maximum absolute atomic E-state index is 9.63. The van der Waals surface area contributed by atoms with E-state index in [-0.39, 0.29) is 29.6 Å². The van der Waals surface area contributed by atoms with Gasteiger partial charge in [0, 0.05) is 29.6 Å². The fourth-order valence-electron chi connectivity index (χ4n) is 0.231. The zero-order valence-corrected chi connectivity index (χ0v) is 11.7. The van der Waals surface area contributed by atoms with Gasteiger partial charge >= 0.3 is 0 Å². The van der Waals surface area contributed by atoms with Crippen LogP contribution in [0.5, 0.6) is 0 Å². The van der Waals surface area contributed by atoms with Crippen LogP contribution in [0.3, 0.4) is 0 Å². The van der Waals surface area contributed by atoms with E-state index in [9.17, 15) is 16.8 Å². The van der Waals surface area contributed by atoms with E-state index in [1.807, 2.05) is 0 Å². The Morgan fingerprint density at radius 3 is 0.933 bits per heavy atom. The van der Waals surface area contributed by atoms with Crippen molar-refractivity contribution in [1.82, 2.24) is 0 Å². The summed E-state index contributed by atoms with van der Waals surface area (Å²) >= 11 is 0. The second-order valence-electron chi connectivity index (χ2n) is 2.02. The van der Waals surface area contributed by atoms with Crippen molar-refractivity contribution in [2.24, 2.45) is 0 Å². The Morgan fingerprint density at radius 2 is 0.933 bits per heavy atom. The monoisotopic (exact) mass is 275 g/mol. The molecular formula is C4H12NaO8S2. The molecule has 0 aliphatic rings. The molecule has 0 saturated heterocycles. The summed E-state index contributed by atoms with van der Waals surface area (Å²) in [6, 6.07) is 0. The average Bonchev–Trinajstić information content (AvgIpc) is 1.81. The zero-order chi connectivity index (χ0) is 11.8. The van der Waals surface area contributed by atoms with E-state index in [0.717, 1.165) is 0 Å². The molecule has 0 unspecified atom stereocenters. The molecule has 0 rings (SSSR count). The zero-order valence-electron chi connectivity index (χ0n) is 8.07. The predicted molar refractivity (Wildman–Crippen MR) is 52.8 cm³/mol. The third-order valence-electron chi connectivity index (χ3n) is 0.698. The maximum atomic E-state index is 9.63. The van der Waals surface area contributed by atoms with E-state index >= 15 is 0 Å². The van der Waals surface area contributed by atoms with Gasteiger partial charge in [-0.3, -0.25) is 9.11 Å². The van der Waals surface area contributed by atoms with Gasteiger partial charge in [-0.25, -0.2) is 0 Å². The van der Waals surface area contributed by atoms with Crippen LogP contribution in [0.1, 0.15) is 0 Å². The summed E-state index contributed by atoms with van der Waals surface area (Å²) in [7, 11) is -7.85. The summed E-state index contributed by atoms with van der Waals surface area (Å²) < 4.78 is 54.2. The van der Waals surface area contributed by atoms with Crippen molar-refractivity contribution >= 4 is 49.8 Å². The molecular weight excluding hydrogens is 263 g/mol. The molecule has 0 bridgehead atoms. The largest absolute Gasteiger partial charge is 0.395 e. The smallest absolute Gasteiger partial charge is 0.267 e. The third-order valence-corrected chi connectivity index (χ3v) is 2.10. The van der Waals surface area contributed by atoms with E-state index < -0.39 is 45.0 Å². The first-order valence-electron chi connectivity index (χ1n) is 3.24. The van der Waals surface area contributed by atoms with Crippen LogP contribution in [0.4, 0.5) is 0 Å². The van der Waals surface area contributed by atoms with Crippen molar-refractivity contribution in [3.05, 3.63) is 0 Å². The number of rotatable bonds is 4. The van der Waals surface area contributed by atoms with Gasteiger partial charge in [0.1, 0.15) is 0 Å². The van der Waals surface area contributed by atoms with Crippen molar-refractivity contribution in [2.75, 3.05) is 24.7 Å². The Labute approximate surface area is 110 Å². The molecule has 1 radical (unpaired) electrons. The second-order valence-corrected chi connectivity index (χ2v) is 5.16. The minimum absolute atomic E-state index is 0. The number of hydrogen-bond acceptors (Lipinski definition) is 6. The molecule has 8 nitrogen and oxygen atoms in total. The van der Waals surface area contributed by atoms with Gasteiger partial charge in [-0.15, -0.1) is 0 Å². The quantitative estimate of drug-likeness (QED) is 0.321. The van der Waals surface area contributed by atoms with Crippen LogP contribution in [-0.4, -0.2) is 90.4 Å². The minimum atomic E-state index is -3.92. The molecule has 0 atom stereocenters. The normalized spacial score (nSPS) is 10.9. The second kappa shape index (κ2) is 9.93. The van der Waals surface area contributed by atoms with Crippen molar-refractivity contribution < 1.29 is 36.2 Å². The standard InChI is InChI=1S/2C2H6O4S.Na/c2*3-1-2-7(4,5)6;/h2*3H,1-2H2,(H,4,5,6);. The van der Waals surface area contributed by atoms with Crippen LogP contribution in [0.2, 0.25) is 0 Å². The van der Waals surface area contributed by atoms with Crippen LogP contribution >= 0.6 is 0 Å². The Bertz CT molecular complexity index is 285. The Balaban J connectivity index is -0.000000180. The van der Waals surface area contributed by atoms with Crippen molar-refractivity contribution in [2.45, 2.75) is 0 Å². The topological polar surface area (TPSA) is 149 Å². The molecule has 0 aliphatic heterocycles. The summed E-state index contributed by atoms with van der Waals surface area (Å²) in [5, 5.41) is 15.7. The average molecular weight is 275 g/mol. The number of aliphatic hydroxyl groups excluding tert-OH is 2. The molecule has 0 aromatic rings. The Morgan fingerprint density at radius 1 is 0.733 bits per heavy atom. The van der Waals surface area contributed by atoms with Gasteiger partial charge in [-0.05, 0) is 0 Å². The molecule has 0 fully saturated rings. The Kier molecular flexibility index (Phi) is 13.9. The molecule has 0 saturated carbocycles. The number of aliphatic hydroxyl groups is 2. The fraction of sp³-hybridized carbons (Fsp3) is 1.00. The first-order chi connectivity index (χ1) is 6.12. The molecule has 0 heterocycles. The molecule has 0 spiro atoms. The summed E-state index contributed by atoms with van der Waals surface area (Å²) in [5.41, 5.74) is 0. The van der Waals surface area contributed by atoms with E-state index in [1.165, 1.54) is 0 Å². The van der Waals surface area contributed by atoms with Gasteiger partial charge in [0.2, 0.25) is 0 Å². The van der Waals surface area contributed by atoms with E-state index in [1.54, 1.807) is 0 Å². The van der Waals surface area contributed by atoms with E-state index in [2.05, 4.69) is 0 Å². The molecule has 15 heavy (non-hydrogen) atoms. The Hall–Kier alpha value is 0.740. The van der Waals surface area contributed by atoms with Crippen LogP contribution in [0.15, 0.2) is 0 Å². The molecule has 11 heteroatoms. The number of hydrogen-bond donors (Lipinski definition) is 4. The van der Waals surface area contributed by atoms with Crippen molar-refractivity contribution in [1.29, 1.82) is 0 Å². The molecule has 89 valence electrons. The van der Waals surface area contributed by atoms with E-state index in [0.29, 0.717) is 0 Å². The van der Waals surface area contributed by atoms with Gasteiger partial charge < -0.3 is 10.2 Å². The van der Waals surface area contributed by atoms with Crippen molar-refractivity contribution in [3.63, 3.8) is 0 Å². The molecule has 0 aliphatic carbocycles. The van der Waals surface area contributed by atoms with Gasteiger partial charge in [0.05, 0.1) is 24.7 Å². The van der Waals surface area contributed by atoms with Crippen LogP contribution in [0.25, 0.3) is 0 Å². The van der Waals surface area contributed by atoms with E-state index in [4.69, 9.17) is 19.3 Å². The first kappa shape index (κ1) is 21.1. The fourth-order valence-corrected chi connectivity index (χ4v) is 0.692. The molecule has 0 aromatic heterocycles. The first-order valence-corrected chi connectivity index (χ1v) is 6.46. The van der Waals surface area contributed by atoms with Crippen LogP contribution in [-0.2, 0) is 20.2 Å².